The molecule has 0 bridgehead atoms. The molecule has 0 saturated carbocycles. The van der Waals surface area contributed by atoms with E-state index in [1.807, 2.05) is 88.4 Å². The van der Waals surface area contributed by atoms with Crippen LogP contribution >= 0.6 is 0 Å². The van der Waals surface area contributed by atoms with Crippen LogP contribution in [0.15, 0.2) is 65.1 Å². The van der Waals surface area contributed by atoms with Gasteiger partial charge < -0.3 is 14.8 Å². The van der Waals surface area contributed by atoms with Crippen molar-refractivity contribution in [2.45, 2.75) is 78.4 Å². The van der Waals surface area contributed by atoms with E-state index in [0.717, 1.165) is 22.4 Å². The largest absolute Gasteiger partial charge is 0.465 e. The lowest BCUT2D eigenvalue weighted by atomic mass is 9.82. The van der Waals surface area contributed by atoms with Crippen molar-refractivity contribution in [1.82, 2.24) is 20.4 Å². The van der Waals surface area contributed by atoms with Gasteiger partial charge >= 0.3 is 6.09 Å². The van der Waals surface area contributed by atoms with Crippen LogP contribution in [0.5, 0.6) is 0 Å². The Bertz CT molecular complexity index is 1240. The molecule has 208 valence electrons. The first-order chi connectivity index (χ1) is 18.5. The maximum atomic E-state index is 13.6. The van der Waals surface area contributed by atoms with E-state index < -0.39 is 41.3 Å². The molecule has 0 aliphatic heterocycles. The number of nitrogens with zero attached hydrogens (tertiary/aromatic N) is 3. The lowest BCUT2D eigenvalue weighted by molar-refractivity contribution is -0.142. The predicted molar refractivity (Wildman–Crippen MR) is 148 cm³/mol. The van der Waals surface area contributed by atoms with E-state index >= 15 is 0 Å². The van der Waals surface area contributed by atoms with Gasteiger partial charge in [-0.15, -0.1) is 10.2 Å². The molecule has 1 unspecified atom stereocenters. The molecule has 0 aliphatic rings. The summed E-state index contributed by atoms with van der Waals surface area (Å²) in [6.07, 6.45) is 0.352. The summed E-state index contributed by atoms with van der Waals surface area (Å²) < 4.78 is 5.89. The van der Waals surface area contributed by atoms with Crippen molar-refractivity contribution in [3.05, 3.63) is 72.1 Å². The van der Waals surface area contributed by atoms with Gasteiger partial charge in [-0.3, -0.25) is 14.5 Å². The van der Waals surface area contributed by atoms with Gasteiger partial charge in [0.15, 0.2) is 0 Å². The molecule has 9 nitrogen and oxygen atoms in total. The van der Waals surface area contributed by atoms with Gasteiger partial charge in [-0.05, 0) is 36.5 Å². The molecule has 3 atom stereocenters. The average Bonchev–Trinajstić information content (AvgIpc) is 3.38. The van der Waals surface area contributed by atoms with Crippen LogP contribution in [0, 0.1) is 5.41 Å². The zero-order valence-electron chi connectivity index (χ0n) is 23.3. The monoisotopic (exact) mass is 534 g/mol. The highest BCUT2D eigenvalue weighted by atomic mass is 16.4. The molecule has 2 amide bonds. The molecule has 9 heteroatoms. The van der Waals surface area contributed by atoms with Crippen LogP contribution in [0.3, 0.4) is 0 Å². The van der Waals surface area contributed by atoms with E-state index in [2.05, 4.69) is 15.5 Å². The van der Waals surface area contributed by atoms with E-state index in [-0.39, 0.29) is 18.7 Å². The maximum Gasteiger partial charge on any atom is 0.408 e. The Labute approximate surface area is 229 Å². The number of carbonyl (C=O) groups is 3. The maximum absolute atomic E-state index is 13.6. The molecule has 39 heavy (non-hydrogen) atoms. The highest BCUT2D eigenvalue weighted by Crippen LogP contribution is 2.31. The van der Waals surface area contributed by atoms with Crippen LogP contribution in [0.4, 0.5) is 4.79 Å². The third kappa shape index (κ3) is 7.75. The minimum atomic E-state index is -1.28. The van der Waals surface area contributed by atoms with Crippen molar-refractivity contribution in [2.75, 3.05) is 0 Å². The van der Waals surface area contributed by atoms with E-state index in [0.29, 0.717) is 12.3 Å². The molecular formula is C30H38N4O5. The van der Waals surface area contributed by atoms with Crippen LogP contribution in [0.1, 0.15) is 71.4 Å². The lowest BCUT2D eigenvalue weighted by Gasteiger charge is -2.41. The highest BCUT2D eigenvalue weighted by Gasteiger charge is 2.43. The normalized spacial score (nSPS) is 13.8. The van der Waals surface area contributed by atoms with Crippen LogP contribution in [0.25, 0.3) is 11.5 Å². The van der Waals surface area contributed by atoms with Crippen molar-refractivity contribution in [3.8, 4) is 11.5 Å². The molecule has 3 rings (SSSR count). The number of benzene rings is 2. The second-order valence-corrected chi connectivity index (χ2v) is 10.8. The zero-order chi connectivity index (χ0) is 28.6. The van der Waals surface area contributed by atoms with Crippen molar-refractivity contribution < 1.29 is 23.9 Å². The average molecular weight is 535 g/mol. The molecule has 0 saturated heterocycles. The number of nitrogens with one attached hydrogen (secondary N) is 1. The van der Waals surface area contributed by atoms with E-state index in [1.165, 1.54) is 0 Å². The van der Waals surface area contributed by atoms with Crippen molar-refractivity contribution in [3.63, 3.8) is 0 Å². The standard InChI is InChI=1S/C30H38N4O5/c1-6-7-18-23(26(35)27(36)31-20(2)21-14-10-8-11-15-21)34(29(37)38)24(30(3,4)5)19-25-32-33-28(39-25)22-16-12-9-13-17-22/h8-17,20,23-24H,6-7,18-19H2,1-5H3,(H,31,36)(H,37,38)/t20-,23+,24?/m1/s1. The number of hydrogen-bond acceptors (Lipinski definition) is 6. The SMILES string of the molecule is CCCC[C@@H](C(=O)C(=O)N[C@H](C)c1ccccc1)N(C(=O)O)C(Cc1nnc(-c2ccccc2)o1)C(C)(C)C. The molecule has 0 fully saturated rings. The van der Waals surface area contributed by atoms with Gasteiger partial charge in [0.2, 0.25) is 17.6 Å². The van der Waals surface area contributed by atoms with Crippen LogP contribution < -0.4 is 5.32 Å². The van der Waals surface area contributed by atoms with Crippen LogP contribution in [-0.4, -0.2) is 50.1 Å². The third-order valence-corrected chi connectivity index (χ3v) is 6.75. The number of amides is 2. The third-order valence-electron chi connectivity index (χ3n) is 6.75. The minimum absolute atomic E-state index is 0.0908. The van der Waals surface area contributed by atoms with Gasteiger partial charge in [0.05, 0.1) is 6.04 Å². The molecule has 3 aromatic rings. The first-order valence-corrected chi connectivity index (χ1v) is 13.3. The van der Waals surface area contributed by atoms with Gasteiger partial charge in [-0.25, -0.2) is 4.79 Å². The summed E-state index contributed by atoms with van der Waals surface area (Å²) in [7, 11) is 0. The number of aromatic nitrogens is 2. The number of carboxylic acid groups (broad SMARTS) is 1. The van der Waals surface area contributed by atoms with Gasteiger partial charge in [0, 0.05) is 18.0 Å². The second-order valence-electron chi connectivity index (χ2n) is 10.8. The predicted octanol–water partition coefficient (Wildman–Crippen LogP) is 5.68. The topological polar surface area (TPSA) is 126 Å². The minimum Gasteiger partial charge on any atom is -0.465 e. The van der Waals surface area contributed by atoms with Gasteiger partial charge in [-0.1, -0.05) is 89.1 Å². The van der Waals surface area contributed by atoms with Gasteiger partial charge in [0.25, 0.3) is 5.91 Å². The lowest BCUT2D eigenvalue weighted by Crippen LogP contribution is -2.58. The van der Waals surface area contributed by atoms with Gasteiger partial charge in [0.1, 0.15) is 6.04 Å². The Balaban J connectivity index is 1.90. The molecule has 2 N–H and O–H groups in total. The summed E-state index contributed by atoms with van der Waals surface area (Å²) in [5.74, 6) is -1.01. The molecular weight excluding hydrogens is 496 g/mol. The number of ketones is 1. The van der Waals surface area contributed by atoms with Gasteiger partial charge in [-0.2, -0.15) is 0 Å². The van der Waals surface area contributed by atoms with Crippen molar-refractivity contribution >= 4 is 17.8 Å². The van der Waals surface area contributed by atoms with Crippen molar-refractivity contribution in [2.24, 2.45) is 5.41 Å². The second kappa shape index (κ2) is 13.2. The quantitative estimate of drug-likeness (QED) is 0.286. The first-order valence-electron chi connectivity index (χ1n) is 13.3. The Kier molecular flexibility index (Phi) is 9.98. The van der Waals surface area contributed by atoms with Crippen LogP contribution in [-0.2, 0) is 16.0 Å². The molecule has 0 spiro atoms. The molecule has 2 aromatic carbocycles. The summed E-state index contributed by atoms with van der Waals surface area (Å²) in [6, 6.07) is 16.3. The fourth-order valence-corrected chi connectivity index (χ4v) is 4.54. The van der Waals surface area contributed by atoms with E-state index in [9.17, 15) is 19.5 Å². The Morgan fingerprint density at radius 1 is 1.00 bits per heavy atom. The summed E-state index contributed by atoms with van der Waals surface area (Å²) >= 11 is 0. The Morgan fingerprint density at radius 3 is 2.18 bits per heavy atom. The fourth-order valence-electron chi connectivity index (χ4n) is 4.54. The Hall–Kier alpha value is -4.01. The summed E-state index contributed by atoms with van der Waals surface area (Å²) in [5, 5.41) is 21.4. The fraction of sp³-hybridized carbons (Fsp3) is 0.433. The molecule has 0 radical (unpaired) electrons. The van der Waals surface area contributed by atoms with Crippen molar-refractivity contribution in [1.29, 1.82) is 0 Å². The summed E-state index contributed by atoms with van der Waals surface area (Å²) in [6.45, 7) is 9.41. The summed E-state index contributed by atoms with van der Waals surface area (Å²) in [5.41, 5.74) is 0.981. The summed E-state index contributed by atoms with van der Waals surface area (Å²) in [4.78, 5) is 40.6. The molecule has 1 heterocycles. The first kappa shape index (κ1) is 29.5. The smallest absolute Gasteiger partial charge is 0.408 e. The number of carbonyl (C=O) groups excluding carboxylic acids is 2. The number of Topliss-reactive ketones (excluding diaryl/α,β-unsaturated/α-hetero) is 1. The Morgan fingerprint density at radius 2 is 1.62 bits per heavy atom. The molecule has 0 aliphatic carbocycles. The number of unbranched alkanes of at least 4 members (excludes halogenated alkanes) is 1. The van der Waals surface area contributed by atoms with Crippen LogP contribution in [0.2, 0.25) is 0 Å². The van der Waals surface area contributed by atoms with E-state index in [1.54, 1.807) is 6.92 Å². The zero-order valence-corrected chi connectivity index (χ0v) is 23.3. The number of rotatable bonds is 12. The molecule has 1 aromatic heterocycles. The number of hydrogen-bond donors (Lipinski definition) is 2. The van der Waals surface area contributed by atoms with E-state index in [4.69, 9.17) is 4.42 Å². The highest BCUT2D eigenvalue weighted by molar-refractivity contribution is 6.38.